The molecule has 0 aliphatic carbocycles. The van der Waals surface area contributed by atoms with Crippen molar-refractivity contribution in [3.05, 3.63) is 75.0 Å². The quantitative estimate of drug-likeness (QED) is 0.352. The Morgan fingerprint density at radius 1 is 1.33 bits per heavy atom. The fraction of sp³-hybridized carbons (Fsp3) is 0.423. The maximum absolute atomic E-state index is 14.5. The first-order chi connectivity index (χ1) is 15.6. The molecule has 33 heavy (non-hydrogen) atoms. The first kappa shape index (κ1) is 25.7. The third-order valence-corrected chi connectivity index (χ3v) is 6.80. The van der Waals surface area contributed by atoms with Crippen molar-refractivity contribution in [2.24, 2.45) is 11.8 Å². The number of rotatable bonds is 8. The summed E-state index contributed by atoms with van der Waals surface area (Å²) < 4.78 is 27.1. The molecule has 178 valence electrons. The van der Waals surface area contributed by atoms with Gasteiger partial charge in [-0.3, -0.25) is 0 Å². The molecule has 0 bridgehead atoms. The number of hydrogen-bond donors (Lipinski definition) is 1. The Labute approximate surface area is 207 Å². The fourth-order valence-corrected chi connectivity index (χ4v) is 5.19. The zero-order valence-corrected chi connectivity index (χ0v) is 21.3. The second-order valence-corrected chi connectivity index (χ2v) is 10.4. The van der Waals surface area contributed by atoms with E-state index >= 15 is 0 Å². The molecule has 0 unspecified atom stereocenters. The fourth-order valence-electron chi connectivity index (χ4n) is 4.50. The van der Waals surface area contributed by atoms with Crippen LogP contribution >= 0.6 is 27.5 Å². The second-order valence-electron chi connectivity index (χ2n) is 9.06. The van der Waals surface area contributed by atoms with E-state index in [0.717, 1.165) is 24.0 Å². The highest BCUT2D eigenvalue weighted by molar-refractivity contribution is 9.10. The monoisotopic (exact) mass is 538 g/mol. The molecule has 0 amide bonds. The van der Waals surface area contributed by atoms with E-state index < -0.39 is 24.5 Å². The van der Waals surface area contributed by atoms with E-state index in [2.05, 4.69) is 36.4 Å². The Bertz CT molecular complexity index is 1010. The molecule has 0 spiro atoms. The van der Waals surface area contributed by atoms with Crippen LogP contribution in [-0.2, 0) is 9.53 Å². The summed E-state index contributed by atoms with van der Waals surface area (Å²) in [7, 11) is 0. The van der Waals surface area contributed by atoms with Crippen molar-refractivity contribution in [3.8, 4) is 5.75 Å². The topological polar surface area (TPSA) is 55.8 Å². The molecule has 1 aliphatic rings. The third kappa shape index (κ3) is 6.37. The SMILES string of the molecule is C=C(C)[C@@H]1C[C@@H](c2ccc(Cl)cc2)[C@@H](CC(C)C)O[C@H]1c1cc(F)cc(Br)c1OCC(=O)O. The summed E-state index contributed by atoms with van der Waals surface area (Å²) in [6.45, 7) is 9.87. The molecule has 0 saturated carbocycles. The van der Waals surface area contributed by atoms with Gasteiger partial charge in [-0.15, -0.1) is 0 Å². The lowest BCUT2D eigenvalue weighted by Crippen LogP contribution is -2.37. The van der Waals surface area contributed by atoms with Crippen LogP contribution in [0.1, 0.15) is 56.8 Å². The van der Waals surface area contributed by atoms with Gasteiger partial charge in [0.1, 0.15) is 11.6 Å². The van der Waals surface area contributed by atoms with Gasteiger partial charge in [0.05, 0.1) is 16.7 Å². The predicted octanol–water partition coefficient (Wildman–Crippen LogP) is 7.56. The molecule has 4 atom stereocenters. The number of aliphatic carboxylic acids is 1. The van der Waals surface area contributed by atoms with Crippen molar-refractivity contribution in [1.29, 1.82) is 0 Å². The van der Waals surface area contributed by atoms with Crippen LogP contribution in [0, 0.1) is 17.7 Å². The summed E-state index contributed by atoms with van der Waals surface area (Å²) in [4.78, 5) is 11.1. The van der Waals surface area contributed by atoms with Crippen LogP contribution in [0.2, 0.25) is 5.02 Å². The normalized spacial score (nSPS) is 22.9. The molecule has 1 aliphatic heterocycles. The minimum absolute atomic E-state index is 0.114. The third-order valence-electron chi connectivity index (χ3n) is 5.96. The van der Waals surface area contributed by atoms with E-state index in [9.17, 15) is 9.18 Å². The standard InChI is InChI=1S/C26H29BrClFO4/c1-14(2)9-23-20(16-5-7-17(28)8-6-16)12-19(15(3)4)25(33-23)21-10-18(29)11-22(27)26(21)32-13-24(30)31/h5-8,10-11,14,19-20,23,25H,3,9,12-13H2,1-2,4H3,(H,30,31)/t19-,20-,23+,25+/m0/s1. The minimum Gasteiger partial charge on any atom is -0.480 e. The molecule has 1 heterocycles. The van der Waals surface area contributed by atoms with E-state index in [1.165, 1.54) is 12.1 Å². The highest BCUT2D eigenvalue weighted by Gasteiger charge is 2.41. The number of halogens is 3. The first-order valence-corrected chi connectivity index (χ1v) is 12.1. The molecule has 1 saturated heterocycles. The molecule has 1 N–H and O–H groups in total. The Hall–Kier alpha value is -1.89. The maximum Gasteiger partial charge on any atom is 0.341 e. The summed E-state index contributed by atoms with van der Waals surface area (Å²) in [5.41, 5.74) is 2.53. The highest BCUT2D eigenvalue weighted by atomic mass is 79.9. The number of carboxylic acid groups (broad SMARTS) is 1. The maximum atomic E-state index is 14.5. The van der Waals surface area contributed by atoms with Gasteiger partial charge < -0.3 is 14.6 Å². The van der Waals surface area contributed by atoms with Gasteiger partial charge in [-0.1, -0.05) is 49.7 Å². The Balaban J connectivity index is 2.06. The van der Waals surface area contributed by atoms with Crippen molar-refractivity contribution in [3.63, 3.8) is 0 Å². The van der Waals surface area contributed by atoms with Crippen molar-refractivity contribution in [1.82, 2.24) is 0 Å². The molecule has 2 aromatic rings. The molecule has 2 aromatic carbocycles. The Kier molecular flexibility index (Phi) is 8.59. The molecule has 1 fully saturated rings. The van der Waals surface area contributed by atoms with Crippen LogP contribution in [0.3, 0.4) is 0 Å². The lowest BCUT2D eigenvalue weighted by Gasteiger charge is -2.43. The van der Waals surface area contributed by atoms with Crippen molar-refractivity contribution in [2.75, 3.05) is 6.61 Å². The van der Waals surface area contributed by atoms with Gasteiger partial charge in [-0.2, -0.15) is 0 Å². The van der Waals surface area contributed by atoms with Crippen LogP contribution in [-0.4, -0.2) is 23.8 Å². The van der Waals surface area contributed by atoms with Crippen LogP contribution in [0.4, 0.5) is 4.39 Å². The second kappa shape index (κ2) is 11.0. The van der Waals surface area contributed by atoms with Crippen LogP contribution in [0.5, 0.6) is 5.75 Å². The van der Waals surface area contributed by atoms with Gasteiger partial charge in [0, 0.05) is 22.4 Å². The minimum atomic E-state index is -1.11. The molecule has 3 rings (SSSR count). The molecule has 0 aromatic heterocycles. The van der Waals surface area contributed by atoms with Crippen molar-refractivity contribution in [2.45, 2.75) is 51.7 Å². The van der Waals surface area contributed by atoms with E-state index in [4.69, 9.17) is 26.2 Å². The van der Waals surface area contributed by atoms with Gasteiger partial charge in [0.2, 0.25) is 0 Å². The van der Waals surface area contributed by atoms with Gasteiger partial charge in [-0.25, -0.2) is 9.18 Å². The van der Waals surface area contributed by atoms with Crippen LogP contribution in [0.25, 0.3) is 0 Å². The van der Waals surface area contributed by atoms with E-state index in [1.54, 1.807) is 0 Å². The molecular weight excluding hydrogens is 511 g/mol. The van der Waals surface area contributed by atoms with E-state index in [-0.39, 0.29) is 23.7 Å². The average Bonchev–Trinajstić information content (AvgIpc) is 2.72. The number of ether oxygens (including phenoxy) is 2. The number of carboxylic acids is 1. The summed E-state index contributed by atoms with van der Waals surface area (Å²) in [5.74, 6) is -0.905. The zero-order chi connectivity index (χ0) is 24.3. The van der Waals surface area contributed by atoms with Crippen LogP contribution < -0.4 is 4.74 Å². The summed E-state index contributed by atoms with van der Waals surface area (Å²) in [6, 6.07) is 10.5. The lowest BCUT2D eigenvalue weighted by atomic mass is 9.74. The molecular formula is C26H29BrClFO4. The Morgan fingerprint density at radius 3 is 2.58 bits per heavy atom. The van der Waals surface area contributed by atoms with E-state index in [1.807, 2.05) is 31.2 Å². The number of benzene rings is 2. The zero-order valence-electron chi connectivity index (χ0n) is 19.0. The van der Waals surface area contributed by atoms with Gasteiger partial charge in [0.15, 0.2) is 6.61 Å². The van der Waals surface area contributed by atoms with Crippen molar-refractivity contribution < 1.29 is 23.8 Å². The molecule has 4 nitrogen and oxygen atoms in total. The summed E-state index contributed by atoms with van der Waals surface area (Å²) >= 11 is 9.45. The molecule has 0 radical (unpaired) electrons. The van der Waals surface area contributed by atoms with Gasteiger partial charge in [-0.05, 0) is 71.4 Å². The summed E-state index contributed by atoms with van der Waals surface area (Å²) in [5, 5.41) is 9.79. The number of hydrogen-bond acceptors (Lipinski definition) is 3. The first-order valence-electron chi connectivity index (χ1n) is 11.0. The smallest absolute Gasteiger partial charge is 0.341 e. The average molecular weight is 540 g/mol. The van der Waals surface area contributed by atoms with Crippen molar-refractivity contribution >= 4 is 33.5 Å². The number of carbonyl (C=O) groups is 1. The highest BCUT2D eigenvalue weighted by Crippen LogP contribution is 2.50. The van der Waals surface area contributed by atoms with Gasteiger partial charge >= 0.3 is 5.97 Å². The lowest BCUT2D eigenvalue weighted by molar-refractivity contribution is -0.139. The Morgan fingerprint density at radius 2 is 2.00 bits per heavy atom. The van der Waals surface area contributed by atoms with Gasteiger partial charge in [0.25, 0.3) is 0 Å². The largest absolute Gasteiger partial charge is 0.480 e. The van der Waals surface area contributed by atoms with Crippen LogP contribution in [0.15, 0.2) is 53.0 Å². The van der Waals surface area contributed by atoms with E-state index in [0.29, 0.717) is 21.0 Å². The molecule has 7 heteroatoms. The summed E-state index contributed by atoms with van der Waals surface area (Å²) in [6.07, 6.45) is 0.923. The predicted molar refractivity (Wildman–Crippen MR) is 131 cm³/mol.